The lowest BCUT2D eigenvalue weighted by atomic mass is 9.73. The zero-order valence-electron chi connectivity index (χ0n) is 13.4. The molecule has 1 aliphatic rings. The van der Waals surface area contributed by atoms with Crippen molar-refractivity contribution in [2.75, 3.05) is 0 Å². The zero-order chi connectivity index (χ0) is 15.0. The van der Waals surface area contributed by atoms with E-state index in [1.165, 1.54) is 46.2 Å². The standard InChI is InChI=1S/C20H25N/c1-14-11-15(2)18(16(3)12-14)13-20(21)10-6-8-17-7-4-5-9-19(17)20/h4-5,7,9,11-12H,6,8,10,13,21H2,1-3H3. The van der Waals surface area contributed by atoms with Crippen LogP contribution < -0.4 is 5.73 Å². The van der Waals surface area contributed by atoms with Crippen molar-refractivity contribution in [1.29, 1.82) is 0 Å². The lowest BCUT2D eigenvalue weighted by Gasteiger charge is -2.37. The molecule has 3 rings (SSSR count). The predicted octanol–water partition coefficient (Wildman–Crippen LogP) is 4.34. The molecule has 1 heteroatoms. The maximum atomic E-state index is 6.88. The van der Waals surface area contributed by atoms with Gasteiger partial charge in [-0.2, -0.15) is 0 Å². The van der Waals surface area contributed by atoms with E-state index in [2.05, 4.69) is 57.2 Å². The summed E-state index contributed by atoms with van der Waals surface area (Å²) < 4.78 is 0. The minimum Gasteiger partial charge on any atom is -0.321 e. The first kappa shape index (κ1) is 14.3. The largest absolute Gasteiger partial charge is 0.321 e. The lowest BCUT2D eigenvalue weighted by molar-refractivity contribution is 0.368. The summed E-state index contributed by atoms with van der Waals surface area (Å²) in [7, 11) is 0. The normalized spacial score (nSPS) is 21.1. The van der Waals surface area contributed by atoms with E-state index in [9.17, 15) is 0 Å². The number of benzene rings is 2. The van der Waals surface area contributed by atoms with Gasteiger partial charge in [-0.3, -0.25) is 0 Å². The predicted molar refractivity (Wildman–Crippen MR) is 89.6 cm³/mol. The smallest absolute Gasteiger partial charge is 0.0453 e. The maximum absolute atomic E-state index is 6.88. The van der Waals surface area contributed by atoms with Crippen LogP contribution in [0.5, 0.6) is 0 Å². The van der Waals surface area contributed by atoms with Crippen molar-refractivity contribution in [2.45, 2.75) is 52.0 Å². The molecule has 0 aliphatic heterocycles. The van der Waals surface area contributed by atoms with E-state index in [0.717, 1.165) is 12.8 Å². The Morgan fingerprint density at radius 3 is 2.43 bits per heavy atom. The molecular weight excluding hydrogens is 254 g/mol. The highest BCUT2D eigenvalue weighted by atomic mass is 14.7. The molecule has 110 valence electrons. The highest BCUT2D eigenvalue weighted by Crippen LogP contribution is 2.37. The molecule has 0 saturated heterocycles. The SMILES string of the molecule is Cc1cc(C)c(CC2(N)CCCc3ccccc32)c(C)c1. The third-order valence-corrected chi connectivity index (χ3v) is 4.96. The van der Waals surface area contributed by atoms with Crippen LogP contribution in [0.25, 0.3) is 0 Å². The number of fused-ring (bicyclic) bond motifs is 1. The van der Waals surface area contributed by atoms with Gasteiger partial charge in [0.1, 0.15) is 0 Å². The van der Waals surface area contributed by atoms with Crippen LogP contribution in [0.15, 0.2) is 36.4 Å². The van der Waals surface area contributed by atoms with E-state index < -0.39 is 0 Å². The molecule has 2 N–H and O–H groups in total. The Kier molecular flexibility index (Phi) is 3.62. The zero-order valence-corrected chi connectivity index (χ0v) is 13.4. The maximum Gasteiger partial charge on any atom is 0.0453 e. The van der Waals surface area contributed by atoms with Crippen LogP contribution in [-0.4, -0.2) is 0 Å². The fourth-order valence-electron chi connectivity index (χ4n) is 3.94. The number of hydrogen-bond acceptors (Lipinski definition) is 1. The van der Waals surface area contributed by atoms with Gasteiger partial charge in [-0.05, 0) is 74.3 Å². The van der Waals surface area contributed by atoms with Crippen molar-refractivity contribution in [3.05, 3.63) is 69.8 Å². The Hall–Kier alpha value is -1.60. The van der Waals surface area contributed by atoms with Crippen LogP contribution in [0, 0.1) is 20.8 Å². The highest BCUT2D eigenvalue weighted by molar-refractivity contribution is 5.42. The number of rotatable bonds is 2. The van der Waals surface area contributed by atoms with Gasteiger partial charge in [0, 0.05) is 5.54 Å². The van der Waals surface area contributed by atoms with Crippen LogP contribution in [0.2, 0.25) is 0 Å². The second-order valence-electron chi connectivity index (χ2n) is 6.72. The van der Waals surface area contributed by atoms with E-state index >= 15 is 0 Å². The molecule has 1 atom stereocenters. The van der Waals surface area contributed by atoms with Crippen molar-refractivity contribution in [2.24, 2.45) is 5.73 Å². The van der Waals surface area contributed by atoms with Gasteiger partial charge in [-0.1, -0.05) is 42.0 Å². The van der Waals surface area contributed by atoms with Gasteiger partial charge < -0.3 is 5.73 Å². The Morgan fingerprint density at radius 2 is 1.71 bits per heavy atom. The Bertz CT molecular complexity index is 648. The second kappa shape index (κ2) is 5.31. The van der Waals surface area contributed by atoms with E-state index in [1.54, 1.807) is 0 Å². The molecule has 1 aliphatic carbocycles. The Balaban J connectivity index is 2.03. The summed E-state index contributed by atoms with van der Waals surface area (Å²) in [6.45, 7) is 6.60. The highest BCUT2D eigenvalue weighted by Gasteiger charge is 2.33. The molecule has 2 aromatic carbocycles. The van der Waals surface area contributed by atoms with Crippen LogP contribution >= 0.6 is 0 Å². The molecule has 0 fully saturated rings. The van der Waals surface area contributed by atoms with Gasteiger partial charge in [-0.25, -0.2) is 0 Å². The van der Waals surface area contributed by atoms with Gasteiger partial charge in [0.05, 0.1) is 0 Å². The van der Waals surface area contributed by atoms with Gasteiger partial charge in [-0.15, -0.1) is 0 Å². The quantitative estimate of drug-likeness (QED) is 0.869. The van der Waals surface area contributed by atoms with Gasteiger partial charge in [0.2, 0.25) is 0 Å². The average molecular weight is 279 g/mol. The van der Waals surface area contributed by atoms with E-state index in [-0.39, 0.29) is 5.54 Å². The number of hydrogen-bond donors (Lipinski definition) is 1. The summed E-state index contributed by atoms with van der Waals surface area (Å²) in [5.41, 5.74) is 15.0. The molecule has 21 heavy (non-hydrogen) atoms. The second-order valence-corrected chi connectivity index (χ2v) is 6.72. The van der Waals surface area contributed by atoms with E-state index in [0.29, 0.717) is 0 Å². The molecule has 0 amide bonds. The van der Waals surface area contributed by atoms with Crippen molar-refractivity contribution >= 4 is 0 Å². The third kappa shape index (κ3) is 2.63. The van der Waals surface area contributed by atoms with Crippen LogP contribution in [-0.2, 0) is 18.4 Å². The van der Waals surface area contributed by atoms with Crippen LogP contribution in [0.4, 0.5) is 0 Å². The third-order valence-electron chi connectivity index (χ3n) is 4.96. The fraction of sp³-hybridized carbons (Fsp3) is 0.400. The van der Waals surface area contributed by atoms with E-state index in [1.807, 2.05) is 0 Å². The topological polar surface area (TPSA) is 26.0 Å². The van der Waals surface area contributed by atoms with Gasteiger partial charge in [0.15, 0.2) is 0 Å². The van der Waals surface area contributed by atoms with Gasteiger partial charge in [0.25, 0.3) is 0 Å². The average Bonchev–Trinajstić information content (AvgIpc) is 2.44. The molecule has 0 bridgehead atoms. The molecule has 0 heterocycles. The Morgan fingerprint density at radius 1 is 1.05 bits per heavy atom. The van der Waals surface area contributed by atoms with Gasteiger partial charge >= 0.3 is 0 Å². The number of aryl methyl sites for hydroxylation is 4. The van der Waals surface area contributed by atoms with Crippen LogP contribution in [0.1, 0.15) is 46.2 Å². The molecule has 1 nitrogen and oxygen atoms in total. The number of nitrogens with two attached hydrogens (primary N) is 1. The first-order chi connectivity index (χ1) is 9.99. The summed E-state index contributed by atoms with van der Waals surface area (Å²) in [6.07, 6.45) is 4.39. The molecule has 0 radical (unpaired) electrons. The Labute approximate surface area is 128 Å². The minimum absolute atomic E-state index is 0.209. The molecule has 0 spiro atoms. The molecule has 2 aromatic rings. The van der Waals surface area contributed by atoms with E-state index in [4.69, 9.17) is 5.73 Å². The summed E-state index contributed by atoms with van der Waals surface area (Å²) in [5.74, 6) is 0. The lowest BCUT2D eigenvalue weighted by Crippen LogP contribution is -2.42. The first-order valence-electron chi connectivity index (χ1n) is 7.93. The molecule has 1 unspecified atom stereocenters. The van der Waals surface area contributed by atoms with Crippen molar-refractivity contribution in [3.63, 3.8) is 0 Å². The first-order valence-corrected chi connectivity index (χ1v) is 7.93. The molecular formula is C20H25N. The monoisotopic (exact) mass is 279 g/mol. The van der Waals surface area contributed by atoms with Crippen molar-refractivity contribution in [3.8, 4) is 0 Å². The summed E-state index contributed by atoms with van der Waals surface area (Å²) >= 11 is 0. The van der Waals surface area contributed by atoms with Crippen molar-refractivity contribution < 1.29 is 0 Å². The van der Waals surface area contributed by atoms with Crippen molar-refractivity contribution in [1.82, 2.24) is 0 Å². The molecule has 0 aromatic heterocycles. The van der Waals surface area contributed by atoms with Crippen LogP contribution in [0.3, 0.4) is 0 Å². The summed E-state index contributed by atoms with van der Waals surface area (Å²) in [4.78, 5) is 0. The minimum atomic E-state index is -0.209. The fourth-order valence-corrected chi connectivity index (χ4v) is 3.94. The molecule has 0 saturated carbocycles. The summed E-state index contributed by atoms with van der Waals surface area (Å²) in [5, 5.41) is 0. The summed E-state index contributed by atoms with van der Waals surface area (Å²) in [6, 6.07) is 13.3.